The van der Waals surface area contributed by atoms with Crippen molar-refractivity contribution in [1.82, 2.24) is 10.2 Å². The molecule has 6 heteroatoms. The Kier molecular flexibility index (Phi) is 8.51. The van der Waals surface area contributed by atoms with Gasteiger partial charge in [0.1, 0.15) is 5.82 Å². The van der Waals surface area contributed by atoms with Gasteiger partial charge in [-0.3, -0.25) is 4.99 Å². The largest absolute Gasteiger partial charge is 0.376 e. The second-order valence-electron chi connectivity index (χ2n) is 9.04. The van der Waals surface area contributed by atoms with Gasteiger partial charge in [0.05, 0.1) is 25.4 Å². The fourth-order valence-corrected chi connectivity index (χ4v) is 4.21. The topological polar surface area (TPSA) is 46.1 Å². The molecule has 0 aliphatic carbocycles. The van der Waals surface area contributed by atoms with E-state index in [1.54, 1.807) is 6.07 Å². The number of likely N-dealkylation sites (tertiary alicyclic amines) is 1. The third-order valence-corrected chi connectivity index (χ3v) is 6.10. The van der Waals surface area contributed by atoms with Crippen molar-refractivity contribution in [3.05, 3.63) is 35.6 Å². The van der Waals surface area contributed by atoms with Crippen LogP contribution in [-0.2, 0) is 14.9 Å². The van der Waals surface area contributed by atoms with Gasteiger partial charge in [-0.1, -0.05) is 32.0 Å². The smallest absolute Gasteiger partial charge is 0.193 e. The van der Waals surface area contributed by atoms with Crippen LogP contribution in [-0.4, -0.2) is 62.5 Å². The van der Waals surface area contributed by atoms with Crippen molar-refractivity contribution in [3.8, 4) is 0 Å². The molecule has 0 saturated carbocycles. The summed E-state index contributed by atoms with van der Waals surface area (Å²) in [6, 6.07) is 7.00. The number of halogens is 1. The van der Waals surface area contributed by atoms with Crippen molar-refractivity contribution in [1.29, 1.82) is 0 Å². The summed E-state index contributed by atoms with van der Waals surface area (Å²) in [6.45, 7) is 11.0. The number of benzene rings is 1. The molecule has 3 rings (SSSR count). The first-order chi connectivity index (χ1) is 14.5. The molecule has 1 N–H and O–H groups in total. The van der Waals surface area contributed by atoms with Crippen LogP contribution >= 0.6 is 0 Å². The lowest BCUT2D eigenvalue weighted by atomic mass is 9.84. The number of hydrogen-bond acceptors (Lipinski definition) is 3. The molecule has 30 heavy (non-hydrogen) atoms. The SMILES string of the molecule is CCNC(=NCC(C)(C)c1ccccc1F)N1CCC(OCC2CCCCO2)CC1. The molecule has 5 nitrogen and oxygen atoms in total. The van der Waals surface area contributed by atoms with E-state index in [2.05, 4.69) is 17.1 Å². The molecular formula is C24H38FN3O2. The number of aliphatic imine (C=N–C) groups is 1. The molecule has 168 valence electrons. The van der Waals surface area contributed by atoms with Crippen molar-refractivity contribution in [2.24, 2.45) is 4.99 Å². The molecule has 2 aliphatic heterocycles. The quantitative estimate of drug-likeness (QED) is 0.533. The van der Waals surface area contributed by atoms with E-state index in [9.17, 15) is 4.39 Å². The fraction of sp³-hybridized carbons (Fsp3) is 0.708. The van der Waals surface area contributed by atoms with Gasteiger partial charge in [-0.2, -0.15) is 0 Å². The molecule has 0 spiro atoms. The Balaban J connectivity index is 1.53. The van der Waals surface area contributed by atoms with E-state index >= 15 is 0 Å². The minimum atomic E-state index is -0.368. The van der Waals surface area contributed by atoms with Gasteiger partial charge in [-0.05, 0) is 50.7 Å². The van der Waals surface area contributed by atoms with Gasteiger partial charge in [0, 0.05) is 31.7 Å². The predicted octanol–water partition coefficient (Wildman–Crippen LogP) is 4.12. The summed E-state index contributed by atoms with van der Waals surface area (Å²) in [5.74, 6) is 0.749. The van der Waals surface area contributed by atoms with Gasteiger partial charge >= 0.3 is 0 Å². The fourth-order valence-electron chi connectivity index (χ4n) is 4.21. The average molecular weight is 420 g/mol. The zero-order valence-electron chi connectivity index (χ0n) is 18.8. The Bertz CT molecular complexity index is 681. The minimum absolute atomic E-state index is 0.164. The molecule has 1 aromatic rings. The van der Waals surface area contributed by atoms with E-state index in [0.29, 0.717) is 18.2 Å². The van der Waals surface area contributed by atoms with Crippen LogP contribution in [0.25, 0.3) is 0 Å². The monoisotopic (exact) mass is 419 g/mol. The molecule has 0 bridgehead atoms. The molecule has 2 fully saturated rings. The molecular weight excluding hydrogens is 381 g/mol. The number of nitrogens with one attached hydrogen (secondary N) is 1. The van der Waals surface area contributed by atoms with Crippen LogP contribution in [0.1, 0.15) is 58.4 Å². The summed E-state index contributed by atoms with van der Waals surface area (Å²) in [4.78, 5) is 7.18. The summed E-state index contributed by atoms with van der Waals surface area (Å²) >= 11 is 0. The summed E-state index contributed by atoms with van der Waals surface area (Å²) < 4.78 is 26.2. The maximum Gasteiger partial charge on any atom is 0.193 e. The average Bonchev–Trinajstić information content (AvgIpc) is 2.76. The number of rotatable bonds is 7. The number of guanidine groups is 1. The van der Waals surface area contributed by atoms with Gasteiger partial charge in [-0.15, -0.1) is 0 Å². The minimum Gasteiger partial charge on any atom is -0.376 e. The van der Waals surface area contributed by atoms with E-state index in [0.717, 1.165) is 58.1 Å². The van der Waals surface area contributed by atoms with Gasteiger partial charge in [-0.25, -0.2) is 4.39 Å². The Labute approximate surface area is 181 Å². The van der Waals surface area contributed by atoms with Crippen LogP contribution in [0.4, 0.5) is 4.39 Å². The van der Waals surface area contributed by atoms with Crippen molar-refractivity contribution in [2.45, 2.75) is 70.5 Å². The first kappa shape index (κ1) is 23.0. The molecule has 0 aromatic heterocycles. The van der Waals surface area contributed by atoms with Crippen molar-refractivity contribution in [2.75, 3.05) is 39.4 Å². The van der Waals surface area contributed by atoms with Crippen molar-refractivity contribution >= 4 is 5.96 Å². The molecule has 2 heterocycles. The lowest BCUT2D eigenvalue weighted by Crippen LogP contribution is -2.47. The maximum absolute atomic E-state index is 14.3. The Morgan fingerprint density at radius 1 is 1.23 bits per heavy atom. The highest BCUT2D eigenvalue weighted by Gasteiger charge is 2.26. The highest BCUT2D eigenvalue weighted by molar-refractivity contribution is 5.80. The molecule has 0 amide bonds. The number of piperidine rings is 1. The van der Waals surface area contributed by atoms with Crippen LogP contribution in [0.5, 0.6) is 0 Å². The van der Waals surface area contributed by atoms with E-state index in [-0.39, 0.29) is 17.3 Å². The van der Waals surface area contributed by atoms with Crippen LogP contribution in [0.3, 0.4) is 0 Å². The van der Waals surface area contributed by atoms with E-state index in [1.165, 1.54) is 18.9 Å². The Hall–Kier alpha value is -1.66. The highest BCUT2D eigenvalue weighted by atomic mass is 19.1. The lowest BCUT2D eigenvalue weighted by Gasteiger charge is -2.35. The van der Waals surface area contributed by atoms with Gasteiger partial charge in [0.2, 0.25) is 0 Å². The number of hydrogen-bond donors (Lipinski definition) is 1. The molecule has 1 atom stereocenters. The molecule has 1 aromatic carbocycles. The summed E-state index contributed by atoms with van der Waals surface area (Å²) in [5.41, 5.74) is 0.342. The number of nitrogens with zero attached hydrogens (tertiary/aromatic N) is 2. The van der Waals surface area contributed by atoms with Gasteiger partial charge in [0.15, 0.2) is 5.96 Å². The van der Waals surface area contributed by atoms with E-state index in [1.807, 2.05) is 26.0 Å². The maximum atomic E-state index is 14.3. The Morgan fingerprint density at radius 2 is 2.00 bits per heavy atom. The lowest BCUT2D eigenvalue weighted by molar-refractivity contribution is -0.0721. The predicted molar refractivity (Wildman–Crippen MR) is 120 cm³/mol. The van der Waals surface area contributed by atoms with Crippen molar-refractivity contribution in [3.63, 3.8) is 0 Å². The molecule has 1 unspecified atom stereocenters. The summed E-state index contributed by atoms with van der Waals surface area (Å²) in [5, 5.41) is 3.41. The third-order valence-electron chi connectivity index (χ3n) is 6.10. The van der Waals surface area contributed by atoms with Crippen molar-refractivity contribution < 1.29 is 13.9 Å². The first-order valence-corrected chi connectivity index (χ1v) is 11.5. The zero-order chi connectivity index (χ0) is 21.4. The first-order valence-electron chi connectivity index (χ1n) is 11.5. The van der Waals surface area contributed by atoms with Crippen LogP contribution in [0, 0.1) is 5.82 Å². The highest BCUT2D eigenvalue weighted by Crippen LogP contribution is 2.26. The second-order valence-corrected chi connectivity index (χ2v) is 9.04. The third kappa shape index (κ3) is 6.42. The molecule has 2 saturated heterocycles. The molecule has 0 radical (unpaired) electrons. The second kappa shape index (κ2) is 11.1. The Morgan fingerprint density at radius 3 is 2.67 bits per heavy atom. The van der Waals surface area contributed by atoms with E-state index in [4.69, 9.17) is 14.5 Å². The van der Waals surface area contributed by atoms with Gasteiger partial charge < -0.3 is 19.7 Å². The normalized spacial score (nSPS) is 21.7. The number of ether oxygens (including phenoxy) is 2. The van der Waals surface area contributed by atoms with Crippen LogP contribution < -0.4 is 5.32 Å². The molecule has 2 aliphatic rings. The summed E-state index contributed by atoms with van der Waals surface area (Å²) in [6.07, 6.45) is 6.10. The van der Waals surface area contributed by atoms with Gasteiger partial charge in [0.25, 0.3) is 0 Å². The van der Waals surface area contributed by atoms with E-state index < -0.39 is 0 Å². The zero-order valence-corrected chi connectivity index (χ0v) is 18.8. The standard InChI is InChI=1S/C24H38FN3O2/c1-4-26-23(27-18-24(2,3)21-10-5-6-11-22(21)25)28-14-12-19(13-15-28)30-17-20-9-7-8-16-29-20/h5-6,10-11,19-20H,4,7-9,12-18H2,1-3H3,(H,26,27). The van der Waals surface area contributed by atoms with Crippen LogP contribution in [0.2, 0.25) is 0 Å². The summed E-state index contributed by atoms with van der Waals surface area (Å²) in [7, 11) is 0. The van der Waals surface area contributed by atoms with Crippen LogP contribution in [0.15, 0.2) is 29.3 Å².